The van der Waals surface area contributed by atoms with Crippen molar-refractivity contribution in [2.75, 3.05) is 0 Å². The summed E-state index contributed by atoms with van der Waals surface area (Å²) in [5.74, 6) is 0.408. The molecule has 0 radical (unpaired) electrons. The van der Waals surface area contributed by atoms with Crippen LogP contribution in [0.3, 0.4) is 0 Å². The second kappa shape index (κ2) is 4.89. The third-order valence-electron chi connectivity index (χ3n) is 3.19. The second-order valence-corrected chi connectivity index (χ2v) is 7.40. The molecule has 1 unspecified atom stereocenters. The highest BCUT2D eigenvalue weighted by atomic mass is 32.2. The van der Waals surface area contributed by atoms with Crippen molar-refractivity contribution in [1.82, 2.24) is 4.47 Å². The lowest BCUT2D eigenvalue weighted by atomic mass is 10.1. The fourth-order valence-corrected chi connectivity index (χ4v) is 4.22. The Morgan fingerprint density at radius 2 is 1.74 bits per heavy atom. The number of nitrogens with zero attached hydrogens (tertiary/aromatic N) is 1. The Labute approximate surface area is 115 Å². The SMILES string of the molecule is Cc1cc(C)c(S(=O)(=O)N2O[C@@H]2CC(C)C)c(C)c1. The predicted octanol–water partition coefficient (Wildman–Crippen LogP) is 2.92. The molecule has 19 heavy (non-hydrogen) atoms. The van der Waals surface area contributed by atoms with E-state index in [2.05, 4.69) is 13.8 Å². The maximum absolute atomic E-state index is 12.5. The number of hydrogen-bond acceptors (Lipinski definition) is 3. The molecule has 2 atom stereocenters. The third kappa shape index (κ3) is 2.83. The van der Waals surface area contributed by atoms with Crippen molar-refractivity contribution in [1.29, 1.82) is 0 Å². The second-order valence-electron chi connectivity index (χ2n) is 5.68. The highest BCUT2D eigenvalue weighted by molar-refractivity contribution is 7.89. The Balaban J connectivity index is 2.32. The van der Waals surface area contributed by atoms with Crippen LogP contribution < -0.4 is 0 Å². The number of hydroxylamine groups is 1. The van der Waals surface area contributed by atoms with Gasteiger partial charge in [-0.25, -0.2) is 8.42 Å². The smallest absolute Gasteiger partial charge is 0.259 e. The summed E-state index contributed by atoms with van der Waals surface area (Å²) < 4.78 is 26.2. The topological polar surface area (TPSA) is 49.7 Å². The zero-order valence-electron chi connectivity index (χ0n) is 12.1. The fraction of sp³-hybridized carbons (Fsp3) is 0.571. The van der Waals surface area contributed by atoms with Crippen molar-refractivity contribution < 1.29 is 13.3 Å². The van der Waals surface area contributed by atoms with E-state index in [1.54, 1.807) is 0 Å². The molecule has 106 valence electrons. The summed E-state index contributed by atoms with van der Waals surface area (Å²) in [5.41, 5.74) is 2.62. The number of benzene rings is 1. The Kier molecular flexibility index (Phi) is 3.73. The van der Waals surface area contributed by atoms with E-state index in [0.717, 1.165) is 27.6 Å². The number of aryl methyl sites for hydroxylation is 3. The molecular weight excluding hydrogens is 262 g/mol. The van der Waals surface area contributed by atoms with Crippen molar-refractivity contribution >= 4 is 10.0 Å². The first-order chi connectivity index (χ1) is 8.73. The summed E-state index contributed by atoms with van der Waals surface area (Å²) in [7, 11) is -3.53. The Hall–Kier alpha value is -0.910. The van der Waals surface area contributed by atoms with Crippen LogP contribution in [0.25, 0.3) is 0 Å². The summed E-state index contributed by atoms with van der Waals surface area (Å²) in [5, 5.41) is 0. The quantitative estimate of drug-likeness (QED) is 0.798. The molecule has 0 N–H and O–H groups in total. The minimum atomic E-state index is -3.53. The molecule has 1 fully saturated rings. The summed E-state index contributed by atoms with van der Waals surface area (Å²) in [6.07, 6.45) is 0.425. The average molecular weight is 283 g/mol. The van der Waals surface area contributed by atoms with Crippen LogP contribution in [0.2, 0.25) is 0 Å². The van der Waals surface area contributed by atoms with Gasteiger partial charge < -0.3 is 0 Å². The number of rotatable bonds is 4. The van der Waals surface area contributed by atoms with Gasteiger partial charge in [0.1, 0.15) is 0 Å². The van der Waals surface area contributed by atoms with Gasteiger partial charge in [0.15, 0.2) is 6.23 Å². The first kappa shape index (κ1) is 14.5. The van der Waals surface area contributed by atoms with Crippen LogP contribution in [0.4, 0.5) is 0 Å². The maximum Gasteiger partial charge on any atom is 0.268 e. The molecule has 1 saturated heterocycles. The van der Waals surface area contributed by atoms with E-state index >= 15 is 0 Å². The first-order valence-corrected chi connectivity index (χ1v) is 7.96. The Bertz CT molecular complexity index is 570. The molecule has 0 aromatic heterocycles. The molecule has 1 aliphatic rings. The molecule has 1 aromatic rings. The van der Waals surface area contributed by atoms with Gasteiger partial charge in [-0.15, -0.1) is 0 Å². The van der Waals surface area contributed by atoms with Crippen LogP contribution in [-0.4, -0.2) is 19.1 Å². The van der Waals surface area contributed by atoms with E-state index in [9.17, 15) is 8.42 Å². The zero-order valence-corrected chi connectivity index (χ0v) is 12.9. The van der Waals surface area contributed by atoms with Crippen LogP contribution >= 0.6 is 0 Å². The van der Waals surface area contributed by atoms with Gasteiger partial charge in [-0.1, -0.05) is 31.5 Å². The van der Waals surface area contributed by atoms with Crippen LogP contribution in [-0.2, 0) is 14.9 Å². The van der Waals surface area contributed by atoms with Crippen LogP contribution in [0, 0.1) is 26.7 Å². The van der Waals surface area contributed by atoms with Gasteiger partial charge in [0.25, 0.3) is 10.0 Å². The normalized spacial score (nSPS) is 22.8. The first-order valence-electron chi connectivity index (χ1n) is 6.52. The third-order valence-corrected chi connectivity index (χ3v) is 5.14. The minimum absolute atomic E-state index is 0.301. The minimum Gasteiger partial charge on any atom is -0.259 e. The van der Waals surface area contributed by atoms with Gasteiger partial charge in [0.2, 0.25) is 0 Å². The largest absolute Gasteiger partial charge is 0.268 e. The van der Waals surface area contributed by atoms with E-state index in [4.69, 9.17) is 4.84 Å². The number of sulfonamides is 1. The van der Waals surface area contributed by atoms with E-state index in [-0.39, 0.29) is 6.23 Å². The van der Waals surface area contributed by atoms with Crippen molar-refractivity contribution in [2.45, 2.75) is 52.2 Å². The summed E-state index contributed by atoms with van der Waals surface area (Å²) >= 11 is 0. The van der Waals surface area contributed by atoms with Crippen LogP contribution in [0.5, 0.6) is 0 Å². The van der Waals surface area contributed by atoms with Gasteiger partial charge >= 0.3 is 0 Å². The van der Waals surface area contributed by atoms with Gasteiger partial charge in [0.05, 0.1) is 4.90 Å². The molecule has 0 bridgehead atoms. The van der Waals surface area contributed by atoms with E-state index in [1.807, 2.05) is 32.9 Å². The molecule has 0 amide bonds. The molecular formula is C14H21NO3S. The lowest BCUT2D eigenvalue weighted by Crippen LogP contribution is -2.18. The number of hydrogen-bond donors (Lipinski definition) is 0. The average Bonchev–Trinajstić information content (AvgIpc) is 2.93. The summed E-state index contributed by atoms with van der Waals surface area (Å²) in [6.45, 7) is 9.72. The monoisotopic (exact) mass is 283 g/mol. The zero-order chi connectivity index (χ0) is 14.4. The Morgan fingerprint density at radius 1 is 1.21 bits per heavy atom. The molecule has 4 nitrogen and oxygen atoms in total. The molecule has 1 aliphatic heterocycles. The van der Waals surface area contributed by atoms with Crippen molar-refractivity contribution in [2.24, 2.45) is 5.92 Å². The van der Waals surface area contributed by atoms with Gasteiger partial charge in [0, 0.05) is 0 Å². The van der Waals surface area contributed by atoms with Gasteiger partial charge in [-0.2, -0.15) is 0 Å². The molecule has 0 saturated carbocycles. The molecule has 1 aromatic carbocycles. The predicted molar refractivity (Wildman–Crippen MR) is 74.0 cm³/mol. The van der Waals surface area contributed by atoms with Crippen LogP contribution in [0.1, 0.15) is 37.0 Å². The van der Waals surface area contributed by atoms with E-state index in [1.165, 1.54) is 0 Å². The van der Waals surface area contributed by atoms with Gasteiger partial charge in [-0.3, -0.25) is 4.84 Å². The standard InChI is InChI=1S/C14H21NO3S/c1-9(2)6-13-15(18-13)19(16,17)14-11(4)7-10(3)8-12(14)5/h7-9,13H,6H2,1-5H3/t13-,15?/m1/s1. The highest BCUT2D eigenvalue weighted by Gasteiger charge is 2.48. The molecule has 0 aliphatic carbocycles. The molecule has 0 spiro atoms. The van der Waals surface area contributed by atoms with Crippen molar-refractivity contribution in [3.05, 3.63) is 28.8 Å². The van der Waals surface area contributed by atoms with Crippen LogP contribution in [0.15, 0.2) is 17.0 Å². The maximum atomic E-state index is 12.5. The van der Waals surface area contributed by atoms with E-state index in [0.29, 0.717) is 10.8 Å². The van der Waals surface area contributed by atoms with Crippen molar-refractivity contribution in [3.8, 4) is 0 Å². The molecule has 2 rings (SSSR count). The summed E-state index contributed by atoms with van der Waals surface area (Å²) in [6, 6.07) is 3.78. The highest BCUT2D eigenvalue weighted by Crippen LogP contribution is 2.36. The van der Waals surface area contributed by atoms with Gasteiger partial charge in [-0.05, 0) is 48.7 Å². The van der Waals surface area contributed by atoms with E-state index < -0.39 is 10.0 Å². The lowest BCUT2D eigenvalue weighted by molar-refractivity contribution is 0.276. The Morgan fingerprint density at radius 3 is 2.21 bits per heavy atom. The fourth-order valence-electron chi connectivity index (χ4n) is 2.50. The van der Waals surface area contributed by atoms with Crippen molar-refractivity contribution in [3.63, 3.8) is 0 Å². The molecule has 5 heteroatoms. The summed E-state index contributed by atoms with van der Waals surface area (Å²) in [4.78, 5) is 5.61. The molecule has 1 heterocycles. The lowest BCUT2D eigenvalue weighted by Gasteiger charge is -2.11.